The summed E-state index contributed by atoms with van der Waals surface area (Å²) in [6.45, 7) is 3.76. The number of hydrogen-bond donors (Lipinski definition) is 0. The number of rotatable bonds is 5. The van der Waals surface area contributed by atoms with Gasteiger partial charge >= 0.3 is 5.97 Å². The van der Waals surface area contributed by atoms with Gasteiger partial charge in [-0.15, -0.1) is 0 Å². The van der Waals surface area contributed by atoms with Gasteiger partial charge in [-0.2, -0.15) is 0 Å². The third-order valence-electron chi connectivity index (χ3n) is 4.51. The van der Waals surface area contributed by atoms with E-state index in [9.17, 15) is 4.79 Å². The lowest BCUT2D eigenvalue weighted by Crippen LogP contribution is -2.33. The molecule has 1 aromatic heterocycles. The lowest BCUT2D eigenvalue weighted by molar-refractivity contribution is -0.141. The third kappa shape index (κ3) is 3.03. The second-order valence-electron chi connectivity index (χ2n) is 6.10. The van der Waals surface area contributed by atoms with Crippen LogP contribution >= 0.6 is 0 Å². The van der Waals surface area contributed by atoms with Crippen molar-refractivity contribution in [3.63, 3.8) is 0 Å². The molecule has 1 fully saturated rings. The van der Waals surface area contributed by atoms with Crippen LogP contribution in [0.5, 0.6) is 0 Å². The van der Waals surface area contributed by atoms with E-state index < -0.39 is 0 Å². The molecule has 1 saturated heterocycles. The van der Waals surface area contributed by atoms with E-state index in [1.165, 1.54) is 12.2 Å². The van der Waals surface area contributed by atoms with Crippen LogP contribution in [0.1, 0.15) is 25.1 Å². The summed E-state index contributed by atoms with van der Waals surface area (Å²) in [4.78, 5) is 18.2. The monoisotopic (exact) mass is 277 g/mol. The number of imidazole rings is 1. The number of ether oxygens (including phenoxy) is 1. The summed E-state index contributed by atoms with van der Waals surface area (Å²) in [7, 11) is 2.16. The number of carbonyl (C=O) groups is 1. The minimum Gasteiger partial charge on any atom is -0.465 e. The molecular formula is C15H23N3O2. The SMILES string of the molecule is CN(CC[C@@H]1CCOC1=O)C[C@@H]1CCc2nccn2C1. The Morgan fingerprint density at radius 3 is 3.20 bits per heavy atom. The van der Waals surface area contributed by atoms with Gasteiger partial charge in [0.2, 0.25) is 0 Å². The number of aromatic nitrogens is 2. The van der Waals surface area contributed by atoms with Gasteiger partial charge in [0.25, 0.3) is 0 Å². The summed E-state index contributed by atoms with van der Waals surface area (Å²) in [6, 6.07) is 0. The van der Waals surface area contributed by atoms with Crippen molar-refractivity contribution in [2.45, 2.75) is 32.2 Å². The van der Waals surface area contributed by atoms with Gasteiger partial charge in [0.15, 0.2) is 0 Å². The molecule has 2 atom stereocenters. The first-order chi connectivity index (χ1) is 9.72. The van der Waals surface area contributed by atoms with E-state index >= 15 is 0 Å². The second-order valence-corrected chi connectivity index (χ2v) is 6.10. The van der Waals surface area contributed by atoms with Crippen LogP contribution in [-0.4, -0.2) is 47.2 Å². The van der Waals surface area contributed by atoms with Crippen molar-refractivity contribution in [3.8, 4) is 0 Å². The molecule has 2 aliphatic heterocycles. The second kappa shape index (κ2) is 5.95. The van der Waals surface area contributed by atoms with E-state index in [1.807, 2.05) is 6.20 Å². The first-order valence-corrected chi connectivity index (χ1v) is 7.57. The molecule has 1 aromatic rings. The van der Waals surface area contributed by atoms with Crippen molar-refractivity contribution in [3.05, 3.63) is 18.2 Å². The Morgan fingerprint density at radius 1 is 1.50 bits per heavy atom. The van der Waals surface area contributed by atoms with E-state index in [0.29, 0.717) is 12.5 Å². The largest absolute Gasteiger partial charge is 0.465 e. The van der Waals surface area contributed by atoms with Crippen LogP contribution in [0, 0.1) is 11.8 Å². The Balaban J connectivity index is 1.43. The molecule has 5 heteroatoms. The van der Waals surface area contributed by atoms with Crippen LogP contribution in [0.2, 0.25) is 0 Å². The Morgan fingerprint density at radius 2 is 2.40 bits per heavy atom. The normalized spacial score (nSPS) is 25.8. The molecular weight excluding hydrogens is 254 g/mol. The van der Waals surface area contributed by atoms with Crippen LogP contribution in [-0.2, 0) is 22.5 Å². The van der Waals surface area contributed by atoms with Crippen molar-refractivity contribution in [2.24, 2.45) is 11.8 Å². The summed E-state index contributed by atoms with van der Waals surface area (Å²) in [6.07, 6.45) is 8.10. The van der Waals surface area contributed by atoms with Gasteiger partial charge in [0.1, 0.15) is 5.82 Å². The van der Waals surface area contributed by atoms with Gasteiger partial charge in [-0.25, -0.2) is 4.98 Å². The fraction of sp³-hybridized carbons (Fsp3) is 0.733. The molecule has 2 aliphatic rings. The van der Waals surface area contributed by atoms with Gasteiger partial charge in [-0.3, -0.25) is 4.79 Å². The minimum absolute atomic E-state index is 0.000811. The highest BCUT2D eigenvalue weighted by molar-refractivity contribution is 5.74. The quantitative estimate of drug-likeness (QED) is 0.762. The molecule has 0 aliphatic carbocycles. The molecule has 0 unspecified atom stereocenters. The molecule has 0 amide bonds. The van der Waals surface area contributed by atoms with E-state index in [1.54, 1.807) is 0 Å². The third-order valence-corrected chi connectivity index (χ3v) is 4.51. The standard InChI is InChI=1S/C15H23N3O2/c1-17(7-4-13-5-9-20-15(13)19)10-12-2-3-14-16-6-8-18(14)11-12/h6,8,12-13H,2-5,7,9-11H2,1H3/t12-,13+/m0/s1. The average Bonchev–Trinajstić information content (AvgIpc) is 3.04. The van der Waals surface area contributed by atoms with Crippen molar-refractivity contribution in [1.82, 2.24) is 14.5 Å². The molecule has 0 radical (unpaired) electrons. The van der Waals surface area contributed by atoms with Gasteiger partial charge in [-0.05, 0) is 38.8 Å². The van der Waals surface area contributed by atoms with Crippen molar-refractivity contribution in [2.75, 3.05) is 26.7 Å². The lowest BCUT2D eigenvalue weighted by atomic mass is 9.98. The number of esters is 1. The molecule has 110 valence electrons. The highest BCUT2D eigenvalue weighted by Crippen LogP contribution is 2.21. The molecule has 3 rings (SSSR count). The van der Waals surface area contributed by atoms with Gasteiger partial charge in [0.05, 0.1) is 12.5 Å². The van der Waals surface area contributed by atoms with E-state index in [-0.39, 0.29) is 11.9 Å². The van der Waals surface area contributed by atoms with Crippen molar-refractivity contribution in [1.29, 1.82) is 0 Å². The number of fused-ring (bicyclic) bond motifs is 1. The first kappa shape index (κ1) is 13.6. The molecule has 20 heavy (non-hydrogen) atoms. The maximum absolute atomic E-state index is 11.4. The zero-order chi connectivity index (χ0) is 13.9. The molecule has 5 nitrogen and oxygen atoms in total. The van der Waals surface area contributed by atoms with Crippen molar-refractivity contribution >= 4 is 5.97 Å². The van der Waals surface area contributed by atoms with E-state index in [2.05, 4.69) is 27.7 Å². The summed E-state index contributed by atoms with van der Waals surface area (Å²) < 4.78 is 7.28. The van der Waals surface area contributed by atoms with Crippen LogP contribution in [0.3, 0.4) is 0 Å². The fourth-order valence-corrected chi connectivity index (χ4v) is 3.29. The number of aryl methyl sites for hydroxylation is 1. The zero-order valence-electron chi connectivity index (χ0n) is 12.1. The highest BCUT2D eigenvalue weighted by Gasteiger charge is 2.27. The van der Waals surface area contributed by atoms with Crippen LogP contribution in [0.25, 0.3) is 0 Å². The number of carbonyl (C=O) groups excluding carboxylic acids is 1. The van der Waals surface area contributed by atoms with Crippen LogP contribution in [0.4, 0.5) is 0 Å². The number of cyclic esters (lactones) is 1. The summed E-state index contributed by atoms with van der Waals surface area (Å²) in [5, 5.41) is 0. The topological polar surface area (TPSA) is 47.4 Å². The predicted molar refractivity (Wildman–Crippen MR) is 75.2 cm³/mol. The van der Waals surface area contributed by atoms with Gasteiger partial charge < -0.3 is 14.2 Å². The van der Waals surface area contributed by atoms with Crippen molar-refractivity contribution < 1.29 is 9.53 Å². The maximum Gasteiger partial charge on any atom is 0.309 e. The maximum atomic E-state index is 11.4. The first-order valence-electron chi connectivity index (χ1n) is 7.57. The summed E-state index contributed by atoms with van der Waals surface area (Å²) in [5.74, 6) is 2.04. The smallest absolute Gasteiger partial charge is 0.309 e. The Labute approximate surface area is 119 Å². The fourth-order valence-electron chi connectivity index (χ4n) is 3.29. The Kier molecular flexibility index (Phi) is 4.05. The summed E-state index contributed by atoms with van der Waals surface area (Å²) in [5.41, 5.74) is 0. The summed E-state index contributed by atoms with van der Waals surface area (Å²) >= 11 is 0. The number of hydrogen-bond acceptors (Lipinski definition) is 4. The molecule has 0 spiro atoms. The minimum atomic E-state index is -0.000811. The molecule has 3 heterocycles. The van der Waals surface area contributed by atoms with Gasteiger partial charge in [-0.1, -0.05) is 0 Å². The van der Waals surface area contributed by atoms with Gasteiger partial charge in [0, 0.05) is 31.9 Å². The zero-order valence-corrected chi connectivity index (χ0v) is 12.1. The van der Waals surface area contributed by atoms with E-state index in [4.69, 9.17) is 4.74 Å². The Bertz CT molecular complexity index is 471. The predicted octanol–water partition coefficient (Wildman–Crippen LogP) is 1.33. The molecule has 0 saturated carbocycles. The molecule has 0 aromatic carbocycles. The average molecular weight is 277 g/mol. The van der Waals surface area contributed by atoms with Crippen LogP contribution < -0.4 is 0 Å². The molecule has 0 N–H and O–H groups in total. The van der Waals surface area contributed by atoms with E-state index in [0.717, 1.165) is 38.9 Å². The number of nitrogens with zero attached hydrogens (tertiary/aromatic N) is 3. The lowest BCUT2D eigenvalue weighted by Gasteiger charge is -2.28. The Hall–Kier alpha value is -1.36. The highest BCUT2D eigenvalue weighted by atomic mass is 16.5. The molecule has 0 bridgehead atoms. The van der Waals surface area contributed by atoms with Crippen LogP contribution in [0.15, 0.2) is 12.4 Å².